The van der Waals surface area contributed by atoms with Crippen LogP contribution in [-0.4, -0.2) is 26.0 Å². The Kier molecular flexibility index (Phi) is 1.96. The third-order valence-corrected chi connectivity index (χ3v) is 3.05. The van der Waals surface area contributed by atoms with Crippen molar-refractivity contribution in [1.82, 2.24) is 15.0 Å². The first-order valence-electron chi connectivity index (χ1n) is 4.70. The lowest BCUT2D eigenvalue weighted by molar-refractivity contribution is 0.0697. The van der Waals surface area contributed by atoms with Crippen LogP contribution < -0.4 is 5.73 Å². The van der Waals surface area contributed by atoms with Crippen LogP contribution in [0.4, 0.5) is 5.13 Å². The van der Waals surface area contributed by atoms with E-state index in [9.17, 15) is 4.79 Å². The van der Waals surface area contributed by atoms with Gasteiger partial charge in [-0.2, -0.15) is 4.98 Å². The number of nitrogens with zero attached hydrogens (tertiary/aromatic N) is 3. The van der Waals surface area contributed by atoms with Gasteiger partial charge in [-0.3, -0.25) is 0 Å². The van der Waals surface area contributed by atoms with E-state index in [0.717, 1.165) is 0 Å². The minimum atomic E-state index is -0.994. The molecule has 3 aromatic rings. The van der Waals surface area contributed by atoms with Gasteiger partial charge in [0.05, 0.1) is 16.6 Å². The molecule has 17 heavy (non-hydrogen) atoms. The molecule has 0 saturated heterocycles. The van der Waals surface area contributed by atoms with Gasteiger partial charge in [0.15, 0.2) is 15.6 Å². The van der Waals surface area contributed by atoms with Gasteiger partial charge in [-0.25, -0.2) is 14.8 Å². The van der Waals surface area contributed by atoms with Gasteiger partial charge in [-0.15, -0.1) is 0 Å². The van der Waals surface area contributed by atoms with E-state index in [1.807, 2.05) is 0 Å². The van der Waals surface area contributed by atoms with Crippen molar-refractivity contribution in [3.8, 4) is 0 Å². The van der Waals surface area contributed by atoms with Gasteiger partial charge < -0.3 is 10.8 Å². The highest BCUT2D eigenvalue weighted by Crippen LogP contribution is 2.23. The van der Waals surface area contributed by atoms with E-state index in [4.69, 9.17) is 10.8 Å². The zero-order valence-electron chi connectivity index (χ0n) is 8.41. The normalized spacial score (nSPS) is 11.1. The number of carboxylic acid groups (broad SMARTS) is 1. The summed E-state index contributed by atoms with van der Waals surface area (Å²) in [4.78, 5) is 24.0. The van der Waals surface area contributed by atoms with Gasteiger partial charge in [0, 0.05) is 0 Å². The standard InChI is InChI=1S/C10H6N4O2S/c11-10-14-7-8(17-10)13-5-2-1-4(9(15)16)3-6(5)12-7/h1-3H,(H,15,16)(H2,11,12,14). The minimum absolute atomic E-state index is 0.175. The summed E-state index contributed by atoms with van der Waals surface area (Å²) in [5.41, 5.74) is 7.32. The number of hydrogen-bond acceptors (Lipinski definition) is 6. The number of carbonyl (C=O) groups is 1. The van der Waals surface area contributed by atoms with Crippen LogP contribution in [0.5, 0.6) is 0 Å². The molecule has 0 aliphatic carbocycles. The zero-order valence-corrected chi connectivity index (χ0v) is 9.23. The fourth-order valence-electron chi connectivity index (χ4n) is 1.53. The van der Waals surface area contributed by atoms with Crippen LogP contribution in [0.15, 0.2) is 18.2 Å². The molecule has 0 radical (unpaired) electrons. The van der Waals surface area contributed by atoms with Crippen LogP contribution in [0, 0.1) is 0 Å². The first-order valence-corrected chi connectivity index (χ1v) is 5.52. The summed E-state index contributed by atoms with van der Waals surface area (Å²) in [6.07, 6.45) is 0. The Labute approximate surface area is 98.8 Å². The lowest BCUT2D eigenvalue weighted by Crippen LogP contribution is -1.96. The minimum Gasteiger partial charge on any atom is -0.478 e. The second-order valence-electron chi connectivity index (χ2n) is 3.41. The number of aromatic carboxylic acids is 1. The van der Waals surface area contributed by atoms with Crippen molar-refractivity contribution in [2.24, 2.45) is 0 Å². The fraction of sp³-hybridized carbons (Fsp3) is 0. The molecule has 0 aliphatic heterocycles. The molecule has 7 heteroatoms. The Morgan fingerprint density at radius 1 is 1.24 bits per heavy atom. The number of rotatable bonds is 1. The summed E-state index contributed by atoms with van der Waals surface area (Å²) in [6, 6.07) is 4.59. The van der Waals surface area contributed by atoms with Gasteiger partial charge in [-0.05, 0) is 18.2 Å². The van der Waals surface area contributed by atoms with Crippen LogP contribution in [0.1, 0.15) is 10.4 Å². The number of anilines is 1. The second-order valence-corrected chi connectivity index (χ2v) is 4.42. The molecule has 2 heterocycles. The molecular formula is C10H6N4O2S. The summed E-state index contributed by atoms with van der Waals surface area (Å²) < 4.78 is 0. The predicted molar refractivity (Wildman–Crippen MR) is 64.1 cm³/mol. The zero-order chi connectivity index (χ0) is 12.0. The van der Waals surface area contributed by atoms with E-state index in [-0.39, 0.29) is 5.56 Å². The summed E-state index contributed by atoms with van der Waals surface area (Å²) in [6.45, 7) is 0. The molecule has 1 aromatic carbocycles. The summed E-state index contributed by atoms with van der Waals surface area (Å²) >= 11 is 1.25. The van der Waals surface area contributed by atoms with E-state index < -0.39 is 5.97 Å². The Morgan fingerprint density at radius 3 is 2.82 bits per heavy atom. The van der Waals surface area contributed by atoms with Gasteiger partial charge in [0.2, 0.25) is 0 Å². The molecule has 3 N–H and O–H groups in total. The van der Waals surface area contributed by atoms with Crippen molar-refractivity contribution >= 4 is 43.9 Å². The highest BCUT2D eigenvalue weighted by molar-refractivity contribution is 7.21. The number of thiazole rings is 1. The molecule has 0 aliphatic rings. The molecule has 0 amide bonds. The first-order chi connectivity index (χ1) is 8.13. The third kappa shape index (κ3) is 1.56. The Morgan fingerprint density at radius 2 is 2.06 bits per heavy atom. The molecule has 0 bridgehead atoms. The quantitative estimate of drug-likeness (QED) is 0.674. The van der Waals surface area contributed by atoms with Crippen molar-refractivity contribution in [3.05, 3.63) is 23.8 Å². The maximum atomic E-state index is 10.8. The molecule has 0 fully saturated rings. The molecule has 0 atom stereocenters. The SMILES string of the molecule is Nc1nc2nc3cc(C(=O)O)ccc3nc2s1. The Hall–Kier alpha value is -2.28. The number of aromatic nitrogens is 3. The lowest BCUT2D eigenvalue weighted by atomic mass is 10.2. The van der Waals surface area contributed by atoms with Crippen LogP contribution >= 0.6 is 11.3 Å². The second kappa shape index (κ2) is 3.36. The van der Waals surface area contributed by atoms with Crippen LogP contribution in [0.3, 0.4) is 0 Å². The highest BCUT2D eigenvalue weighted by atomic mass is 32.1. The van der Waals surface area contributed by atoms with E-state index in [1.165, 1.54) is 23.5 Å². The van der Waals surface area contributed by atoms with Crippen molar-refractivity contribution in [2.45, 2.75) is 0 Å². The number of carboxylic acids is 1. The Balaban J connectivity index is 2.35. The van der Waals surface area contributed by atoms with Gasteiger partial charge in [0.25, 0.3) is 0 Å². The van der Waals surface area contributed by atoms with Gasteiger partial charge in [-0.1, -0.05) is 11.3 Å². The first kappa shape index (κ1) is 9.91. The monoisotopic (exact) mass is 246 g/mol. The van der Waals surface area contributed by atoms with Crippen LogP contribution in [0.2, 0.25) is 0 Å². The number of benzene rings is 1. The average molecular weight is 246 g/mol. The molecular weight excluding hydrogens is 240 g/mol. The van der Waals surface area contributed by atoms with E-state index in [2.05, 4.69) is 15.0 Å². The molecule has 2 aromatic heterocycles. The van der Waals surface area contributed by atoms with E-state index in [1.54, 1.807) is 6.07 Å². The number of nitrogen functional groups attached to an aromatic ring is 1. The maximum absolute atomic E-state index is 10.8. The molecule has 0 saturated carbocycles. The predicted octanol–water partition coefficient (Wildman–Crippen LogP) is 1.52. The molecule has 0 unspecified atom stereocenters. The summed E-state index contributed by atoms with van der Waals surface area (Å²) in [5.74, 6) is -0.994. The summed E-state index contributed by atoms with van der Waals surface area (Å²) in [7, 11) is 0. The molecule has 3 rings (SSSR count). The van der Waals surface area contributed by atoms with E-state index >= 15 is 0 Å². The van der Waals surface area contributed by atoms with E-state index in [0.29, 0.717) is 26.6 Å². The maximum Gasteiger partial charge on any atom is 0.335 e. The highest BCUT2D eigenvalue weighted by Gasteiger charge is 2.09. The van der Waals surface area contributed by atoms with Gasteiger partial charge in [0.1, 0.15) is 0 Å². The van der Waals surface area contributed by atoms with Crippen LogP contribution in [0.25, 0.3) is 21.5 Å². The smallest absolute Gasteiger partial charge is 0.335 e. The largest absolute Gasteiger partial charge is 0.478 e. The fourth-order valence-corrected chi connectivity index (χ4v) is 2.19. The number of nitrogens with two attached hydrogens (primary N) is 1. The van der Waals surface area contributed by atoms with Crippen LogP contribution in [-0.2, 0) is 0 Å². The Bertz CT molecular complexity index is 752. The topological polar surface area (TPSA) is 102 Å². The lowest BCUT2D eigenvalue weighted by Gasteiger charge is -1.98. The summed E-state index contributed by atoms with van der Waals surface area (Å²) in [5, 5.41) is 9.28. The van der Waals surface area contributed by atoms with Crippen molar-refractivity contribution in [2.75, 3.05) is 5.73 Å². The molecule has 84 valence electrons. The molecule has 6 nitrogen and oxygen atoms in total. The van der Waals surface area contributed by atoms with Gasteiger partial charge >= 0.3 is 5.97 Å². The van der Waals surface area contributed by atoms with Crippen molar-refractivity contribution in [3.63, 3.8) is 0 Å². The number of hydrogen-bond donors (Lipinski definition) is 2. The number of fused-ring (bicyclic) bond motifs is 2. The van der Waals surface area contributed by atoms with Crippen molar-refractivity contribution < 1.29 is 9.90 Å². The van der Waals surface area contributed by atoms with Crippen molar-refractivity contribution in [1.29, 1.82) is 0 Å². The average Bonchev–Trinajstić information content (AvgIpc) is 2.63. The molecule has 0 spiro atoms. The third-order valence-electron chi connectivity index (χ3n) is 2.28.